The second-order valence-corrected chi connectivity index (χ2v) is 5.54. The number of carbonyl (C=O) groups excluding carboxylic acids is 1. The quantitative estimate of drug-likeness (QED) is 0.854. The minimum atomic E-state index is -0.918. The zero-order valence-corrected chi connectivity index (χ0v) is 11.1. The Labute approximate surface area is 109 Å². The second-order valence-electron chi connectivity index (χ2n) is 3.84. The molecule has 4 nitrogen and oxygen atoms in total. The number of nitrogens with one attached hydrogen (secondary N) is 1. The van der Waals surface area contributed by atoms with Crippen molar-refractivity contribution in [3.05, 3.63) is 29.8 Å². The van der Waals surface area contributed by atoms with Crippen LogP contribution in [0.3, 0.4) is 0 Å². The number of hydrogen-bond acceptors (Lipinski definition) is 3. The highest BCUT2D eigenvalue weighted by Gasteiger charge is 2.06. The Morgan fingerprint density at radius 3 is 2.89 bits per heavy atom. The van der Waals surface area contributed by atoms with Gasteiger partial charge < -0.3 is 5.32 Å². The van der Waals surface area contributed by atoms with E-state index < -0.39 is 10.8 Å². The van der Waals surface area contributed by atoms with E-state index in [1.54, 1.807) is 24.3 Å². The summed E-state index contributed by atoms with van der Waals surface area (Å²) in [5.41, 5.74) is 1.10. The number of anilines is 1. The zero-order valence-electron chi connectivity index (χ0n) is 10.3. The van der Waals surface area contributed by atoms with Gasteiger partial charge in [0.2, 0.25) is 5.91 Å². The Morgan fingerprint density at radius 1 is 1.44 bits per heavy atom. The van der Waals surface area contributed by atoms with Gasteiger partial charge in [0.25, 0.3) is 0 Å². The SMILES string of the molecule is CCCS(=O)CCC(=O)Nc1cccc(C#N)c1. The van der Waals surface area contributed by atoms with E-state index in [1.165, 1.54) is 0 Å². The zero-order chi connectivity index (χ0) is 13.4. The molecule has 1 atom stereocenters. The molecule has 1 aromatic carbocycles. The molecule has 0 radical (unpaired) electrons. The topological polar surface area (TPSA) is 70.0 Å². The van der Waals surface area contributed by atoms with E-state index in [0.717, 1.165) is 6.42 Å². The van der Waals surface area contributed by atoms with Gasteiger partial charge in [-0.3, -0.25) is 9.00 Å². The highest BCUT2D eigenvalue weighted by molar-refractivity contribution is 7.84. The summed E-state index contributed by atoms with van der Waals surface area (Å²) in [6, 6.07) is 8.73. The van der Waals surface area contributed by atoms with E-state index in [4.69, 9.17) is 5.26 Å². The van der Waals surface area contributed by atoms with Crippen molar-refractivity contribution in [3.63, 3.8) is 0 Å². The number of nitrogens with zero attached hydrogens (tertiary/aromatic N) is 1. The summed E-state index contributed by atoms with van der Waals surface area (Å²) in [5.74, 6) is 0.851. The lowest BCUT2D eigenvalue weighted by molar-refractivity contribution is -0.115. The molecule has 1 unspecified atom stereocenters. The van der Waals surface area contributed by atoms with Gasteiger partial charge >= 0.3 is 0 Å². The third kappa shape index (κ3) is 5.11. The highest BCUT2D eigenvalue weighted by Crippen LogP contribution is 2.10. The number of nitriles is 1. The first kappa shape index (κ1) is 14.4. The highest BCUT2D eigenvalue weighted by atomic mass is 32.2. The normalized spacial score (nSPS) is 11.6. The summed E-state index contributed by atoms with van der Waals surface area (Å²) in [5, 5.41) is 11.4. The molecule has 1 N–H and O–H groups in total. The van der Waals surface area contributed by atoms with E-state index in [2.05, 4.69) is 5.32 Å². The van der Waals surface area contributed by atoms with E-state index in [-0.39, 0.29) is 12.3 Å². The summed E-state index contributed by atoms with van der Waals surface area (Å²) in [6.45, 7) is 1.96. The molecule has 0 aliphatic rings. The van der Waals surface area contributed by atoms with Crippen LogP contribution in [0.25, 0.3) is 0 Å². The molecule has 96 valence electrons. The van der Waals surface area contributed by atoms with Crippen LogP contribution >= 0.6 is 0 Å². The van der Waals surface area contributed by atoms with Crippen molar-refractivity contribution in [1.82, 2.24) is 0 Å². The molecule has 1 rings (SSSR count). The fourth-order valence-electron chi connectivity index (χ4n) is 1.43. The molecule has 0 fully saturated rings. The van der Waals surface area contributed by atoms with Crippen LogP contribution < -0.4 is 5.32 Å². The van der Waals surface area contributed by atoms with Crippen molar-refractivity contribution >= 4 is 22.4 Å². The third-order valence-electron chi connectivity index (χ3n) is 2.26. The van der Waals surface area contributed by atoms with Crippen LogP contribution in [-0.2, 0) is 15.6 Å². The van der Waals surface area contributed by atoms with Gasteiger partial charge in [0, 0.05) is 34.4 Å². The van der Waals surface area contributed by atoms with Crippen molar-refractivity contribution in [2.24, 2.45) is 0 Å². The van der Waals surface area contributed by atoms with Crippen LogP contribution in [0.2, 0.25) is 0 Å². The third-order valence-corrected chi connectivity index (χ3v) is 3.79. The fourth-order valence-corrected chi connectivity index (χ4v) is 2.50. The van der Waals surface area contributed by atoms with E-state index >= 15 is 0 Å². The Bertz CT molecular complexity index is 480. The molecule has 0 aliphatic carbocycles. The number of rotatable bonds is 6. The standard InChI is InChI=1S/C13H16N2O2S/c1-2-7-18(17)8-6-13(16)15-12-5-3-4-11(9-12)10-14/h3-5,9H,2,6-8H2,1H3,(H,15,16). The molecule has 1 amide bonds. The van der Waals surface area contributed by atoms with Crippen LogP contribution in [0.4, 0.5) is 5.69 Å². The fraction of sp³-hybridized carbons (Fsp3) is 0.385. The van der Waals surface area contributed by atoms with Gasteiger partial charge in [-0.05, 0) is 24.6 Å². The van der Waals surface area contributed by atoms with Crippen molar-refractivity contribution in [2.45, 2.75) is 19.8 Å². The second kappa shape index (κ2) is 7.62. The van der Waals surface area contributed by atoms with Gasteiger partial charge in [0.1, 0.15) is 0 Å². The monoisotopic (exact) mass is 264 g/mol. The first-order chi connectivity index (χ1) is 8.65. The van der Waals surface area contributed by atoms with E-state index in [0.29, 0.717) is 22.8 Å². The summed E-state index contributed by atoms with van der Waals surface area (Å²) >= 11 is 0. The van der Waals surface area contributed by atoms with Crippen molar-refractivity contribution in [1.29, 1.82) is 5.26 Å². The number of amides is 1. The Morgan fingerprint density at radius 2 is 2.22 bits per heavy atom. The molecule has 0 saturated heterocycles. The summed E-state index contributed by atoms with van der Waals surface area (Å²) in [4.78, 5) is 11.6. The molecule has 5 heteroatoms. The van der Waals surface area contributed by atoms with E-state index in [9.17, 15) is 9.00 Å². The predicted octanol–water partition coefficient (Wildman–Crippen LogP) is 2.05. The predicted molar refractivity (Wildman–Crippen MR) is 72.6 cm³/mol. The lowest BCUT2D eigenvalue weighted by Gasteiger charge is -2.05. The molecule has 0 bridgehead atoms. The molecule has 0 aliphatic heterocycles. The minimum absolute atomic E-state index is 0.172. The maximum Gasteiger partial charge on any atom is 0.225 e. The molecular formula is C13H16N2O2S. The molecule has 18 heavy (non-hydrogen) atoms. The van der Waals surface area contributed by atoms with Gasteiger partial charge in [0.05, 0.1) is 11.6 Å². The van der Waals surface area contributed by atoms with Gasteiger partial charge in [0.15, 0.2) is 0 Å². The average molecular weight is 264 g/mol. The van der Waals surface area contributed by atoms with Gasteiger partial charge in [-0.25, -0.2) is 0 Å². The van der Waals surface area contributed by atoms with Gasteiger partial charge in [-0.2, -0.15) is 5.26 Å². The number of benzene rings is 1. The van der Waals surface area contributed by atoms with Gasteiger partial charge in [-0.15, -0.1) is 0 Å². The summed E-state index contributed by atoms with van der Waals surface area (Å²) < 4.78 is 11.4. The maximum absolute atomic E-state index is 11.6. The largest absolute Gasteiger partial charge is 0.326 e. The van der Waals surface area contributed by atoms with Gasteiger partial charge in [-0.1, -0.05) is 13.0 Å². The van der Waals surface area contributed by atoms with Crippen molar-refractivity contribution in [3.8, 4) is 6.07 Å². The van der Waals surface area contributed by atoms with Crippen LogP contribution in [0.1, 0.15) is 25.3 Å². The van der Waals surface area contributed by atoms with Crippen molar-refractivity contribution in [2.75, 3.05) is 16.8 Å². The smallest absolute Gasteiger partial charge is 0.225 e. The number of carbonyl (C=O) groups is 1. The Hall–Kier alpha value is -1.67. The summed E-state index contributed by atoms with van der Waals surface area (Å²) in [7, 11) is -0.918. The Kier molecular flexibility index (Phi) is 6.09. The van der Waals surface area contributed by atoms with E-state index in [1.807, 2.05) is 13.0 Å². The van der Waals surface area contributed by atoms with Crippen LogP contribution in [0.15, 0.2) is 24.3 Å². The first-order valence-corrected chi connectivity index (χ1v) is 7.29. The lowest BCUT2D eigenvalue weighted by atomic mass is 10.2. The molecule has 0 aromatic heterocycles. The molecular weight excluding hydrogens is 248 g/mol. The van der Waals surface area contributed by atoms with Crippen LogP contribution in [0.5, 0.6) is 0 Å². The van der Waals surface area contributed by atoms with Crippen molar-refractivity contribution < 1.29 is 9.00 Å². The first-order valence-electron chi connectivity index (χ1n) is 5.80. The summed E-state index contributed by atoms with van der Waals surface area (Å²) in [6.07, 6.45) is 1.10. The maximum atomic E-state index is 11.6. The molecule has 0 heterocycles. The lowest BCUT2D eigenvalue weighted by Crippen LogP contribution is -2.15. The molecule has 0 saturated carbocycles. The van der Waals surface area contributed by atoms with Crippen LogP contribution in [-0.4, -0.2) is 21.6 Å². The Balaban J connectivity index is 2.45. The minimum Gasteiger partial charge on any atom is -0.326 e. The average Bonchev–Trinajstić information content (AvgIpc) is 2.37. The van der Waals surface area contributed by atoms with Crippen LogP contribution in [0, 0.1) is 11.3 Å². The number of hydrogen-bond donors (Lipinski definition) is 1. The molecule has 1 aromatic rings. The molecule has 0 spiro atoms.